The van der Waals surface area contributed by atoms with E-state index in [1.165, 1.54) is 6.21 Å². The SMILES string of the molecule is O=C(CCC(=O)Nc1ccccc1Cl)NN=Cc1ccc2c(c1)OCO2. The van der Waals surface area contributed by atoms with Crippen LogP contribution in [0.3, 0.4) is 0 Å². The highest BCUT2D eigenvalue weighted by atomic mass is 35.5. The molecule has 2 aromatic carbocycles. The van der Waals surface area contributed by atoms with E-state index in [0.717, 1.165) is 5.56 Å². The Labute approximate surface area is 154 Å². The second kappa shape index (κ2) is 8.35. The number of para-hydroxylation sites is 1. The topological polar surface area (TPSA) is 89.0 Å². The summed E-state index contributed by atoms with van der Waals surface area (Å²) in [6.07, 6.45) is 1.52. The number of amides is 2. The molecule has 0 aromatic heterocycles. The third-order valence-electron chi connectivity index (χ3n) is 3.53. The molecule has 0 unspecified atom stereocenters. The molecule has 0 bridgehead atoms. The van der Waals surface area contributed by atoms with Crippen LogP contribution in [0.1, 0.15) is 18.4 Å². The second-order valence-electron chi connectivity index (χ2n) is 5.43. The van der Waals surface area contributed by atoms with Gasteiger partial charge in [0.1, 0.15) is 0 Å². The fraction of sp³-hybridized carbons (Fsp3) is 0.167. The van der Waals surface area contributed by atoms with Crippen LogP contribution in [0.25, 0.3) is 0 Å². The van der Waals surface area contributed by atoms with Crippen LogP contribution in [0.2, 0.25) is 5.02 Å². The summed E-state index contributed by atoms with van der Waals surface area (Å²) in [5, 5.41) is 6.97. The molecule has 0 saturated heterocycles. The highest BCUT2D eigenvalue weighted by Crippen LogP contribution is 2.31. The number of ether oxygens (including phenoxy) is 2. The zero-order valence-electron chi connectivity index (χ0n) is 13.7. The molecule has 7 nitrogen and oxygen atoms in total. The first-order chi connectivity index (χ1) is 12.6. The molecule has 0 aliphatic carbocycles. The molecule has 0 saturated carbocycles. The zero-order chi connectivity index (χ0) is 18.4. The van der Waals surface area contributed by atoms with Gasteiger partial charge in [0, 0.05) is 12.8 Å². The van der Waals surface area contributed by atoms with Crippen molar-refractivity contribution in [2.75, 3.05) is 12.1 Å². The van der Waals surface area contributed by atoms with Crippen molar-refractivity contribution in [3.05, 3.63) is 53.1 Å². The number of hydrogen-bond donors (Lipinski definition) is 2. The van der Waals surface area contributed by atoms with E-state index in [4.69, 9.17) is 21.1 Å². The number of nitrogens with zero attached hydrogens (tertiary/aromatic N) is 1. The summed E-state index contributed by atoms with van der Waals surface area (Å²) in [6.45, 7) is 0.197. The van der Waals surface area contributed by atoms with Gasteiger partial charge >= 0.3 is 0 Å². The van der Waals surface area contributed by atoms with E-state index in [2.05, 4.69) is 15.8 Å². The first-order valence-electron chi connectivity index (χ1n) is 7.88. The van der Waals surface area contributed by atoms with Crippen molar-refractivity contribution < 1.29 is 19.1 Å². The van der Waals surface area contributed by atoms with E-state index in [1.807, 2.05) is 0 Å². The van der Waals surface area contributed by atoms with Crippen molar-refractivity contribution in [2.45, 2.75) is 12.8 Å². The van der Waals surface area contributed by atoms with Crippen molar-refractivity contribution in [3.8, 4) is 11.5 Å². The van der Waals surface area contributed by atoms with E-state index in [0.29, 0.717) is 22.2 Å². The van der Waals surface area contributed by atoms with Gasteiger partial charge < -0.3 is 14.8 Å². The van der Waals surface area contributed by atoms with E-state index >= 15 is 0 Å². The lowest BCUT2D eigenvalue weighted by Gasteiger charge is -2.06. The summed E-state index contributed by atoms with van der Waals surface area (Å²) in [7, 11) is 0. The van der Waals surface area contributed by atoms with Gasteiger partial charge in [-0.15, -0.1) is 0 Å². The Morgan fingerprint density at radius 1 is 1.08 bits per heavy atom. The molecule has 0 radical (unpaired) electrons. The van der Waals surface area contributed by atoms with Gasteiger partial charge in [-0.2, -0.15) is 5.10 Å². The lowest BCUT2D eigenvalue weighted by molar-refractivity contribution is -0.124. The first-order valence-corrected chi connectivity index (χ1v) is 8.25. The maximum Gasteiger partial charge on any atom is 0.240 e. The molecule has 0 atom stereocenters. The highest BCUT2D eigenvalue weighted by molar-refractivity contribution is 6.33. The monoisotopic (exact) mass is 373 g/mol. The summed E-state index contributed by atoms with van der Waals surface area (Å²) < 4.78 is 10.5. The molecule has 2 N–H and O–H groups in total. The summed E-state index contributed by atoms with van der Waals surface area (Å²) in [5.41, 5.74) is 3.65. The van der Waals surface area contributed by atoms with Gasteiger partial charge in [-0.25, -0.2) is 5.43 Å². The molecule has 3 rings (SSSR count). The van der Waals surface area contributed by atoms with Gasteiger partial charge in [0.15, 0.2) is 11.5 Å². The molecule has 1 aliphatic heterocycles. The van der Waals surface area contributed by atoms with Crippen LogP contribution in [0.4, 0.5) is 5.69 Å². The Kier molecular flexibility index (Phi) is 5.70. The Bertz CT molecular complexity index is 854. The molecule has 2 amide bonds. The number of nitrogens with one attached hydrogen (secondary N) is 2. The van der Waals surface area contributed by atoms with Crippen molar-refractivity contribution in [3.63, 3.8) is 0 Å². The van der Waals surface area contributed by atoms with E-state index < -0.39 is 0 Å². The molecule has 1 heterocycles. The number of hydrazone groups is 1. The van der Waals surface area contributed by atoms with Crippen LogP contribution in [0, 0.1) is 0 Å². The summed E-state index contributed by atoms with van der Waals surface area (Å²) >= 11 is 5.96. The van der Waals surface area contributed by atoms with Crippen molar-refractivity contribution in [1.29, 1.82) is 0 Å². The van der Waals surface area contributed by atoms with Crippen LogP contribution in [0.5, 0.6) is 11.5 Å². The lowest BCUT2D eigenvalue weighted by Crippen LogP contribution is -2.20. The highest BCUT2D eigenvalue weighted by Gasteiger charge is 2.12. The zero-order valence-corrected chi connectivity index (χ0v) is 14.5. The maximum absolute atomic E-state index is 11.9. The Morgan fingerprint density at radius 2 is 1.85 bits per heavy atom. The Hall–Kier alpha value is -3.06. The average Bonchev–Trinajstić information content (AvgIpc) is 3.10. The van der Waals surface area contributed by atoms with E-state index in [-0.39, 0.29) is 31.4 Å². The maximum atomic E-state index is 11.9. The van der Waals surface area contributed by atoms with Crippen LogP contribution >= 0.6 is 11.6 Å². The minimum absolute atomic E-state index is 0.00870. The largest absolute Gasteiger partial charge is 0.454 e. The van der Waals surface area contributed by atoms with Crippen LogP contribution in [0.15, 0.2) is 47.6 Å². The number of anilines is 1. The minimum Gasteiger partial charge on any atom is -0.454 e. The molecule has 26 heavy (non-hydrogen) atoms. The fourth-order valence-corrected chi connectivity index (χ4v) is 2.41. The average molecular weight is 374 g/mol. The van der Waals surface area contributed by atoms with Gasteiger partial charge in [0.2, 0.25) is 18.6 Å². The normalized spacial score (nSPS) is 12.2. The second-order valence-corrected chi connectivity index (χ2v) is 5.84. The number of carbonyl (C=O) groups is 2. The van der Waals surface area contributed by atoms with Crippen molar-refractivity contribution >= 4 is 35.3 Å². The molecule has 0 fully saturated rings. The molecule has 134 valence electrons. The fourth-order valence-electron chi connectivity index (χ4n) is 2.23. The molecule has 1 aliphatic rings. The molecule has 8 heteroatoms. The third-order valence-corrected chi connectivity index (χ3v) is 3.86. The number of halogens is 1. The predicted octanol–water partition coefficient (Wildman–Crippen LogP) is 2.94. The molecular formula is C18H16ClN3O4. The van der Waals surface area contributed by atoms with E-state index in [9.17, 15) is 9.59 Å². The van der Waals surface area contributed by atoms with Crippen LogP contribution in [-0.4, -0.2) is 24.8 Å². The van der Waals surface area contributed by atoms with Crippen LogP contribution in [-0.2, 0) is 9.59 Å². The van der Waals surface area contributed by atoms with Gasteiger partial charge in [0.25, 0.3) is 0 Å². The summed E-state index contributed by atoms with van der Waals surface area (Å²) in [4.78, 5) is 23.6. The van der Waals surface area contributed by atoms with Crippen molar-refractivity contribution in [1.82, 2.24) is 5.43 Å². The summed E-state index contributed by atoms with van der Waals surface area (Å²) in [6, 6.07) is 12.2. The standard InChI is InChI=1S/C18H16ClN3O4/c19-13-3-1-2-4-14(13)21-17(23)7-8-18(24)22-20-10-12-5-6-15-16(9-12)26-11-25-15/h1-6,9-10H,7-8,11H2,(H,21,23)(H,22,24). The number of rotatable bonds is 6. The van der Waals surface area contributed by atoms with E-state index in [1.54, 1.807) is 42.5 Å². The third kappa shape index (κ3) is 4.73. The smallest absolute Gasteiger partial charge is 0.240 e. The van der Waals surface area contributed by atoms with Crippen LogP contribution < -0.4 is 20.2 Å². The molecule has 2 aromatic rings. The number of fused-ring (bicyclic) bond motifs is 1. The quantitative estimate of drug-likeness (QED) is 0.601. The molecular weight excluding hydrogens is 358 g/mol. The lowest BCUT2D eigenvalue weighted by atomic mass is 10.2. The van der Waals surface area contributed by atoms with Gasteiger partial charge in [-0.05, 0) is 35.9 Å². The minimum atomic E-state index is -0.365. The summed E-state index contributed by atoms with van der Waals surface area (Å²) in [5.74, 6) is 0.650. The Morgan fingerprint density at radius 3 is 2.69 bits per heavy atom. The van der Waals surface area contributed by atoms with Gasteiger partial charge in [0.05, 0.1) is 16.9 Å². The first kappa shape index (κ1) is 17.8. The Balaban J connectivity index is 1.42. The van der Waals surface area contributed by atoms with Gasteiger partial charge in [-0.1, -0.05) is 23.7 Å². The predicted molar refractivity (Wildman–Crippen MR) is 97.6 cm³/mol. The van der Waals surface area contributed by atoms with Crippen molar-refractivity contribution in [2.24, 2.45) is 5.10 Å². The van der Waals surface area contributed by atoms with Gasteiger partial charge in [-0.3, -0.25) is 9.59 Å². The number of benzene rings is 2. The molecule has 0 spiro atoms. The number of hydrogen-bond acceptors (Lipinski definition) is 5. The number of carbonyl (C=O) groups excluding carboxylic acids is 2.